The highest BCUT2D eigenvalue weighted by Crippen LogP contribution is 2.39. The molecule has 2 aliphatic rings. The van der Waals surface area contributed by atoms with Gasteiger partial charge in [0.25, 0.3) is 0 Å². The zero-order valence-corrected chi connectivity index (χ0v) is 15.3. The van der Waals surface area contributed by atoms with Crippen LogP contribution < -0.4 is 15.4 Å². The minimum atomic E-state index is -0.184. The molecular weight excluding hydrogens is 300 g/mol. The molecule has 0 saturated carbocycles. The van der Waals surface area contributed by atoms with Crippen LogP contribution in [0.25, 0.3) is 0 Å². The van der Waals surface area contributed by atoms with Gasteiger partial charge in [0.1, 0.15) is 11.4 Å². The molecule has 0 aromatic heterocycles. The van der Waals surface area contributed by atoms with Crippen LogP contribution in [0.3, 0.4) is 0 Å². The fourth-order valence-corrected chi connectivity index (χ4v) is 3.74. The quantitative estimate of drug-likeness (QED) is 0.660. The van der Waals surface area contributed by atoms with Gasteiger partial charge >= 0.3 is 0 Å². The first-order valence-corrected chi connectivity index (χ1v) is 8.94. The summed E-state index contributed by atoms with van der Waals surface area (Å²) >= 11 is 0. The second kappa shape index (κ2) is 7.01. The molecule has 1 fully saturated rings. The van der Waals surface area contributed by atoms with Crippen molar-refractivity contribution < 1.29 is 4.74 Å². The van der Waals surface area contributed by atoms with E-state index in [9.17, 15) is 0 Å². The third kappa shape index (κ3) is 3.83. The van der Waals surface area contributed by atoms with E-state index in [2.05, 4.69) is 59.6 Å². The number of fused-ring (bicyclic) bond motifs is 1. The van der Waals surface area contributed by atoms with Crippen LogP contribution >= 0.6 is 0 Å². The molecule has 2 N–H and O–H groups in total. The van der Waals surface area contributed by atoms with Gasteiger partial charge < -0.3 is 20.3 Å². The molecule has 2 unspecified atom stereocenters. The van der Waals surface area contributed by atoms with Crippen LogP contribution in [-0.2, 0) is 0 Å². The molecule has 5 nitrogen and oxygen atoms in total. The third-order valence-corrected chi connectivity index (χ3v) is 5.09. The number of benzene rings is 1. The topological polar surface area (TPSA) is 48.9 Å². The largest absolute Gasteiger partial charge is 0.487 e. The Hall–Kier alpha value is -1.75. The van der Waals surface area contributed by atoms with Gasteiger partial charge in [0.05, 0.1) is 6.04 Å². The van der Waals surface area contributed by atoms with Gasteiger partial charge in [0.15, 0.2) is 5.96 Å². The lowest BCUT2D eigenvalue weighted by Crippen LogP contribution is -2.47. The number of rotatable bonds is 3. The van der Waals surface area contributed by atoms with Crippen molar-refractivity contribution in [3.05, 3.63) is 29.8 Å². The Morgan fingerprint density at radius 1 is 1.38 bits per heavy atom. The number of aliphatic imine (C=N–C) groups is 1. The summed E-state index contributed by atoms with van der Waals surface area (Å²) in [6.07, 6.45) is 3.46. The van der Waals surface area contributed by atoms with Crippen molar-refractivity contribution in [3.63, 3.8) is 0 Å². The number of hydrogen-bond donors (Lipinski definition) is 2. The van der Waals surface area contributed by atoms with Crippen molar-refractivity contribution in [1.82, 2.24) is 15.5 Å². The molecule has 0 bridgehead atoms. The second-order valence-electron chi connectivity index (χ2n) is 7.53. The smallest absolute Gasteiger partial charge is 0.191 e. The molecule has 0 aliphatic carbocycles. The monoisotopic (exact) mass is 330 g/mol. The lowest BCUT2D eigenvalue weighted by molar-refractivity contribution is 0.0694. The minimum Gasteiger partial charge on any atom is -0.487 e. The average molecular weight is 330 g/mol. The maximum absolute atomic E-state index is 6.11. The molecular formula is C19H30N4O. The third-order valence-electron chi connectivity index (χ3n) is 5.09. The van der Waals surface area contributed by atoms with Gasteiger partial charge in [-0.1, -0.05) is 18.2 Å². The fraction of sp³-hybridized carbons (Fsp3) is 0.632. The van der Waals surface area contributed by atoms with E-state index in [1.165, 1.54) is 24.9 Å². The molecule has 3 rings (SSSR count). The van der Waals surface area contributed by atoms with Gasteiger partial charge in [-0.05, 0) is 46.3 Å². The molecule has 24 heavy (non-hydrogen) atoms. The van der Waals surface area contributed by atoms with Gasteiger partial charge in [-0.25, -0.2) is 0 Å². The second-order valence-corrected chi connectivity index (χ2v) is 7.53. The molecule has 1 aromatic rings. The van der Waals surface area contributed by atoms with E-state index in [-0.39, 0.29) is 11.6 Å². The van der Waals surface area contributed by atoms with Crippen LogP contribution in [0.5, 0.6) is 5.75 Å². The molecule has 2 atom stereocenters. The van der Waals surface area contributed by atoms with E-state index < -0.39 is 0 Å². The summed E-state index contributed by atoms with van der Waals surface area (Å²) < 4.78 is 6.11. The molecule has 1 saturated heterocycles. The number of likely N-dealkylation sites (N-methyl/N-ethyl adjacent to an activating group) is 1. The van der Waals surface area contributed by atoms with Crippen molar-refractivity contribution in [1.29, 1.82) is 0 Å². The molecule has 2 heterocycles. The molecule has 132 valence electrons. The number of guanidine groups is 1. The van der Waals surface area contributed by atoms with Crippen LogP contribution in [0.2, 0.25) is 0 Å². The van der Waals surface area contributed by atoms with E-state index in [1.807, 2.05) is 13.1 Å². The Morgan fingerprint density at radius 2 is 2.17 bits per heavy atom. The van der Waals surface area contributed by atoms with Crippen LogP contribution in [0.4, 0.5) is 0 Å². The van der Waals surface area contributed by atoms with Gasteiger partial charge in [-0.2, -0.15) is 0 Å². The Morgan fingerprint density at radius 3 is 2.88 bits per heavy atom. The minimum absolute atomic E-state index is 0.184. The summed E-state index contributed by atoms with van der Waals surface area (Å²) in [5.74, 6) is 1.84. The molecule has 1 aromatic carbocycles. The summed E-state index contributed by atoms with van der Waals surface area (Å²) in [5.41, 5.74) is 1.02. The zero-order chi connectivity index (χ0) is 17.2. The van der Waals surface area contributed by atoms with E-state index >= 15 is 0 Å². The number of para-hydroxylation sites is 1. The van der Waals surface area contributed by atoms with Crippen molar-refractivity contribution in [3.8, 4) is 5.75 Å². The standard InChI is InChI=1S/C19H30N4O/c1-19(2)12-16(15-9-5-6-10-17(15)24-19)22-18(20-3)21-13-14-8-7-11-23(14)4/h5-6,9-10,14,16H,7-8,11-13H2,1-4H3,(H2,20,21,22). The Bertz CT molecular complexity index is 599. The van der Waals surface area contributed by atoms with Crippen LogP contribution in [0.1, 0.15) is 44.7 Å². The average Bonchev–Trinajstić information content (AvgIpc) is 2.95. The molecule has 5 heteroatoms. The first-order chi connectivity index (χ1) is 11.5. The number of nitrogens with one attached hydrogen (secondary N) is 2. The van der Waals surface area contributed by atoms with Crippen molar-refractivity contribution in [2.24, 2.45) is 4.99 Å². The molecule has 2 aliphatic heterocycles. The molecule has 0 spiro atoms. The SMILES string of the molecule is CN=C(NCC1CCCN1C)NC1CC(C)(C)Oc2ccccc21. The maximum Gasteiger partial charge on any atom is 0.191 e. The summed E-state index contributed by atoms with van der Waals surface area (Å²) in [6, 6.07) is 9.09. The predicted molar refractivity (Wildman–Crippen MR) is 98.7 cm³/mol. The Kier molecular flexibility index (Phi) is 4.99. The normalized spacial score (nSPS) is 26.6. The number of hydrogen-bond acceptors (Lipinski definition) is 3. The van der Waals surface area contributed by atoms with E-state index in [4.69, 9.17) is 4.74 Å². The number of likely N-dealkylation sites (tertiary alicyclic amines) is 1. The first kappa shape index (κ1) is 17.1. The zero-order valence-electron chi connectivity index (χ0n) is 15.3. The maximum atomic E-state index is 6.11. The Balaban J connectivity index is 1.67. The first-order valence-electron chi connectivity index (χ1n) is 8.94. The van der Waals surface area contributed by atoms with Crippen molar-refractivity contribution in [2.45, 2.75) is 50.8 Å². The molecule has 0 amide bonds. The lowest BCUT2D eigenvalue weighted by atomic mass is 9.90. The summed E-state index contributed by atoms with van der Waals surface area (Å²) in [5, 5.41) is 7.10. The van der Waals surface area contributed by atoms with Gasteiger partial charge in [0, 0.05) is 31.6 Å². The highest BCUT2D eigenvalue weighted by atomic mass is 16.5. The predicted octanol–water partition coefficient (Wildman–Crippen LogP) is 2.55. The van der Waals surface area contributed by atoms with E-state index in [0.717, 1.165) is 24.7 Å². The van der Waals surface area contributed by atoms with Crippen LogP contribution in [0, 0.1) is 0 Å². The van der Waals surface area contributed by atoms with Crippen LogP contribution in [-0.4, -0.2) is 49.7 Å². The Labute approximate surface area is 145 Å². The van der Waals surface area contributed by atoms with Crippen LogP contribution in [0.15, 0.2) is 29.3 Å². The lowest BCUT2D eigenvalue weighted by Gasteiger charge is -2.38. The summed E-state index contributed by atoms with van der Waals surface area (Å²) in [6.45, 7) is 6.41. The number of nitrogens with zero attached hydrogens (tertiary/aromatic N) is 2. The number of ether oxygens (including phenoxy) is 1. The highest BCUT2D eigenvalue weighted by Gasteiger charge is 2.34. The van der Waals surface area contributed by atoms with Gasteiger partial charge in [0.2, 0.25) is 0 Å². The fourth-order valence-electron chi connectivity index (χ4n) is 3.74. The molecule has 0 radical (unpaired) electrons. The van der Waals surface area contributed by atoms with Gasteiger partial charge in [-0.15, -0.1) is 0 Å². The van der Waals surface area contributed by atoms with Crippen molar-refractivity contribution in [2.75, 3.05) is 27.2 Å². The summed E-state index contributed by atoms with van der Waals surface area (Å²) in [4.78, 5) is 6.85. The van der Waals surface area contributed by atoms with Crippen molar-refractivity contribution >= 4 is 5.96 Å². The van der Waals surface area contributed by atoms with Gasteiger partial charge in [-0.3, -0.25) is 4.99 Å². The van der Waals surface area contributed by atoms with E-state index in [1.54, 1.807) is 0 Å². The van der Waals surface area contributed by atoms with E-state index in [0.29, 0.717) is 6.04 Å². The summed E-state index contributed by atoms with van der Waals surface area (Å²) in [7, 11) is 4.04. The highest BCUT2D eigenvalue weighted by molar-refractivity contribution is 5.80.